The Kier molecular flexibility index (Phi) is 6.74. The van der Waals surface area contributed by atoms with E-state index in [1.807, 2.05) is 11.6 Å². The Balaban J connectivity index is 1.90. The van der Waals surface area contributed by atoms with Gasteiger partial charge in [0.05, 0.1) is 16.5 Å². The first kappa shape index (κ1) is 18.1. The van der Waals surface area contributed by atoms with Crippen LogP contribution < -0.4 is 5.32 Å². The van der Waals surface area contributed by atoms with Crippen molar-refractivity contribution in [2.24, 2.45) is 7.05 Å². The summed E-state index contributed by atoms with van der Waals surface area (Å²) in [6.45, 7) is 2.14. The van der Waals surface area contributed by atoms with Crippen LogP contribution in [0, 0.1) is 0 Å². The largest absolute Gasteiger partial charge is 0.324 e. The molecule has 1 heterocycles. The highest BCUT2D eigenvalue weighted by Gasteiger charge is 2.12. The first-order valence-electron chi connectivity index (χ1n) is 7.27. The van der Waals surface area contributed by atoms with Gasteiger partial charge in [-0.1, -0.05) is 48.3 Å². The van der Waals surface area contributed by atoms with Gasteiger partial charge in [0.25, 0.3) is 0 Å². The molecular weight excluding hydrogens is 355 g/mol. The molecule has 0 unspecified atom stereocenters. The van der Waals surface area contributed by atoms with Crippen molar-refractivity contribution in [1.29, 1.82) is 0 Å². The smallest absolute Gasteiger partial charge is 0.234 e. The van der Waals surface area contributed by atoms with Gasteiger partial charge in [-0.25, -0.2) is 0 Å². The predicted molar refractivity (Wildman–Crippen MR) is 95.4 cm³/mol. The van der Waals surface area contributed by atoms with Crippen LogP contribution in [0.2, 0.25) is 10.0 Å². The molecule has 2 rings (SSSR count). The number of carbonyl (C=O) groups excluding carboxylic acids is 1. The number of amides is 1. The number of hydrogen-bond donors (Lipinski definition) is 1. The van der Waals surface area contributed by atoms with Crippen LogP contribution in [-0.2, 0) is 18.3 Å². The van der Waals surface area contributed by atoms with Crippen molar-refractivity contribution in [3.05, 3.63) is 34.1 Å². The standard InChI is InChI=1S/C15H18Cl2N4OS/c1-3-4-5-13-19-20-15(21(13)2)23-9-14(22)18-12-7-6-10(16)8-11(12)17/h6-8H,3-5,9H2,1-2H3,(H,18,22). The summed E-state index contributed by atoms with van der Waals surface area (Å²) in [5.74, 6) is 1.02. The molecule has 1 N–H and O–H groups in total. The summed E-state index contributed by atoms with van der Waals surface area (Å²) in [5, 5.41) is 12.7. The van der Waals surface area contributed by atoms with Crippen LogP contribution in [0.5, 0.6) is 0 Å². The maximum absolute atomic E-state index is 12.0. The van der Waals surface area contributed by atoms with Crippen LogP contribution in [0.4, 0.5) is 5.69 Å². The van der Waals surface area contributed by atoms with E-state index in [-0.39, 0.29) is 11.7 Å². The van der Waals surface area contributed by atoms with Gasteiger partial charge in [0, 0.05) is 18.5 Å². The Morgan fingerprint density at radius 2 is 2.13 bits per heavy atom. The summed E-state index contributed by atoms with van der Waals surface area (Å²) in [6, 6.07) is 4.95. The van der Waals surface area contributed by atoms with Crippen LogP contribution >= 0.6 is 35.0 Å². The maximum atomic E-state index is 12.0. The van der Waals surface area contributed by atoms with E-state index >= 15 is 0 Å². The van der Waals surface area contributed by atoms with E-state index in [1.54, 1.807) is 18.2 Å². The number of aromatic nitrogens is 3. The minimum atomic E-state index is -0.155. The summed E-state index contributed by atoms with van der Waals surface area (Å²) >= 11 is 13.2. The highest BCUT2D eigenvalue weighted by molar-refractivity contribution is 7.99. The highest BCUT2D eigenvalue weighted by atomic mass is 35.5. The zero-order chi connectivity index (χ0) is 16.8. The van der Waals surface area contributed by atoms with Gasteiger partial charge in [-0.3, -0.25) is 4.79 Å². The number of thioether (sulfide) groups is 1. The molecule has 1 aromatic heterocycles. The number of nitrogens with one attached hydrogen (secondary N) is 1. The summed E-state index contributed by atoms with van der Waals surface area (Å²) < 4.78 is 1.93. The lowest BCUT2D eigenvalue weighted by molar-refractivity contribution is -0.113. The van der Waals surface area contributed by atoms with Crippen molar-refractivity contribution in [3.63, 3.8) is 0 Å². The number of nitrogens with zero attached hydrogens (tertiary/aromatic N) is 3. The van der Waals surface area contributed by atoms with Crippen molar-refractivity contribution >= 4 is 46.6 Å². The predicted octanol–water partition coefficient (Wildman–Crippen LogP) is 4.20. The number of unbranched alkanes of at least 4 members (excludes halogenated alkanes) is 1. The number of aryl methyl sites for hydroxylation is 1. The van der Waals surface area contributed by atoms with E-state index in [0.717, 1.165) is 30.2 Å². The molecule has 0 aliphatic heterocycles. The van der Waals surface area contributed by atoms with E-state index in [1.165, 1.54) is 11.8 Å². The molecule has 8 heteroatoms. The number of anilines is 1. The monoisotopic (exact) mass is 372 g/mol. The quantitative estimate of drug-likeness (QED) is 0.739. The van der Waals surface area contributed by atoms with E-state index in [9.17, 15) is 4.79 Å². The van der Waals surface area contributed by atoms with Gasteiger partial charge < -0.3 is 9.88 Å². The normalized spacial score (nSPS) is 10.8. The van der Waals surface area contributed by atoms with E-state index in [0.29, 0.717) is 15.7 Å². The Bertz CT molecular complexity index is 690. The summed E-state index contributed by atoms with van der Waals surface area (Å²) in [4.78, 5) is 12.0. The summed E-state index contributed by atoms with van der Waals surface area (Å²) in [5.41, 5.74) is 0.545. The molecule has 124 valence electrons. The maximum Gasteiger partial charge on any atom is 0.234 e. The number of hydrogen-bond acceptors (Lipinski definition) is 4. The molecule has 0 aliphatic rings. The lowest BCUT2D eigenvalue weighted by Gasteiger charge is -2.07. The lowest BCUT2D eigenvalue weighted by Crippen LogP contribution is -2.14. The Labute approximate surface area is 149 Å². The third-order valence-electron chi connectivity index (χ3n) is 3.22. The zero-order valence-electron chi connectivity index (χ0n) is 13.0. The molecule has 0 fully saturated rings. The summed E-state index contributed by atoms with van der Waals surface area (Å²) in [6.07, 6.45) is 3.08. The van der Waals surface area contributed by atoms with Gasteiger partial charge in [-0.05, 0) is 24.6 Å². The number of rotatable bonds is 7. The van der Waals surface area contributed by atoms with Crippen LogP contribution in [0.3, 0.4) is 0 Å². The lowest BCUT2D eigenvalue weighted by atomic mass is 10.2. The van der Waals surface area contributed by atoms with Crippen molar-refractivity contribution in [2.75, 3.05) is 11.1 Å². The third-order valence-corrected chi connectivity index (χ3v) is 4.78. The number of benzene rings is 1. The van der Waals surface area contributed by atoms with Gasteiger partial charge in [0.15, 0.2) is 5.16 Å². The Hall–Kier alpha value is -1.24. The van der Waals surface area contributed by atoms with E-state index in [2.05, 4.69) is 22.4 Å². The second kappa shape index (κ2) is 8.57. The zero-order valence-corrected chi connectivity index (χ0v) is 15.3. The molecule has 1 aromatic carbocycles. The fraction of sp³-hybridized carbons (Fsp3) is 0.400. The van der Waals surface area contributed by atoms with Crippen LogP contribution in [-0.4, -0.2) is 26.4 Å². The second-order valence-corrected chi connectivity index (χ2v) is 6.81. The molecule has 5 nitrogen and oxygen atoms in total. The molecule has 0 atom stereocenters. The van der Waals surface area contributed by atoms with Crippen molar-refractivity contribution in [2.45, 2.75) is 31.3 Å². The molecule has 0 aliphatic carbocycles. The molecule has 23 heavy (non-hydrogen) atoms. The minimum Gasteiger partial charge on any atom is -0.324 e. The molecule has 0 saturated heterocycles. The SMILES string of the molecule is CCCCc1nnc(SCC(=O)Nc2ccc(Cl)cc2Cl)n1C. The fourth-order valence-corrected chi connectivity index (χ4v) is 3.12. The molecule has 2 aromatic rings. The topological polar surface area (TPSA) is 59.8 Å². The molecule has 1 amide bonds. The molecule has 0 bridgehead atoms. The van der Waals surface area contributed by atoms with E-state index < -0.39 is 0 Å². The first-order valence-corrected chi connectivity index (χ1v) is 9.01. The molecule has 0 saturated carbocycles. The van der Waals surface area contributed by atoms with Crippen LogP contribution in [0.25, 0.3) is 0 Å². The van der Waals surface area contributed by atoms with Gasteiger partial charge in [-0.15, -0.1) is 10.2 Å². The van der Waals surface area contributed by atoms with Crippen molar-refractivity contribution in [3.8, 4) is 0 Å². The molecule has 0 radical (unpaired) electrons. The minimum absolute atomic E-state index is 0.155. The fourth-order valence-electron chi connectivity index (χ4n) is 1.93. The first-order chi connectivity index (χ1) is 11.0. The van der Waals surface area contributed by atoms with E-state index in [4.69, 9.17) is 23.2 Å². The number of halogens is 2. The summed E-state index contributed by atoms with van der Waals surface area (Å²) in [7, 11) is 1.92. The van der Waals surface area contributed by atoms with Gasteiger partial charge in [-0.2, -0.15) is 0 Å². The highest BCUT2D eigenvalue weighted by Crippen LogP contribution is 2.26. The molecular formula is C15H18Cl2N4OS. The Morgan fingerprint density at radius 3 is 2.83 bits per heavy atom. The van der Waals surface area contributed by atoms with Crippen molar-refractivity contribution in [1.82, 2.24) is 14.8 Å². The van der Waals surface area contributed by atoms with Crippen molar-refractivity contribution < 1.29 is 4.79 Å². The van der Waals surface area contributed by atoms with Gasteiger partial charge in [0.1, 0.15) is 5.82 Å². The average Bonchev–Trinajstić information content (AvgIpc) is 2.86. The number of carbonyl (C=O) groups is 1. The Morgan fingerprint density at radius 1 is 1.35 bits per heavy atom. The average molecular weight is 373 g/mol. The second-order valence-electron chi connectivity index (χ2n) is 5.02. The van der Waals surface area contributed by atoms with Crippen LogP contribution in [0.1, 0.15) is 25.6 Å². The third kappa shape index (κ3) is 5.12. The molecule has 0 spiro atoms. The van der Waals surface area contributed by atoms with Crippen LogP contribution in [0.15, 0.2) is 23.4 Å². The van der Waals surface area contributed by atoms with Gasteiger partial charge in [0.2, 0.25) is 5.91 Å². The van der Waals surface area contributed by atoms with Gasteiger partial charge >= 0.3 is 0 Å².